The maximum Gasteiger partial charge on any atom is 0.253 e. The van der Waals surface area contributed by atoms with Crippen LogP contribution in [0.25, 0.3) is 5.82 Å². The summed E-state index contributed by atoms with van der Waals surface area (Å²) in [6.07, 6.45) is 1.44. The van der Waals surface area contributed by atoms with Crippen molar-refractivity contribution in [3.63, 3.8) is 0 Å². The molecular formula is C18H23N5O4S. The van der Waals surface area contributed by atoms with Crippen LogP contribution in [0.1, 0.15) is 28.7 Å². The lowest BCUT2D eigenvalue weighted by atomic mass is 10.2. The largest absolute Gasteiger partial charge is 0.340 e. The molecule has 0 spiro atoms. The molecule has 1 unspecified atom stereocenters. The molecule has 0 aromatic carbocycles. The molecule has 3 heterocycles. The molecule has 28 heavy (non-hydrogen) atoms. The first-order chi connectivity index (χ1) is 13.2. The molecule has 2 aromatic heterocycles. The van der Waals surface area contributed by atoms with E-state index >= 15 is 0 Å². The van der Waals surface area contributed by atoms with Crippen LogP contribution in [0.3, 0.4) is 0 Å². The van der Waals surface area contributed by atoms with E-state index in [4.69, 9.17) is 0 Å². The first kappa shape index (κ1) is 20.0. The quantitative estimate of drug-likeness (QED) is 0.780. The second-order valence-electron chi connectivity index (χ2n) is 6.92. The molecule has 2 aromatic rings. The smallest absolute Gasteiger partial charge is 0.253 e. The Labute approximate surface area is 163 Å². The second-order valence-corrected chi connectivity index (χ2v) is 9.22. The second kappa shape index (κ2) is 7.70. The molecule has 1 fully saturated rings. The molecule has 1 N–H and O–H groups in total. The Hall–Kier alpha value is -2.75. The lowest BCUT2D eigenvalue weighted by molar-refractivity contribution is -0.132. The summed E-state index contributed by atoms with van der Waals surface area (Å²) in [5, 5.41) is 7.00. The molecule has 1 atom stereocenters. The number of carbonyl (C=O) groups excluding carboxylic acids is 2. The van der Waals surface area contributed by atoms with Gasteiger partial charge in [-0.05, 0) is 39.0 Å². The fraction of sp³-hybridized carbons (Fsp3) is 0.444. The minimum Gasteiger partial charge on any atom is -0.340 e. The molecule has 9 nitrogen and oxygen atoms in total. The molecule has 1 saturated heterocycles. The van der Waals surface area contributed by atoms with Crippen molar-refractivity contribution >= 4 is 21.7 Å². The van der Waals surface area contributed by atoms with Gasteiger partial charge in [-0.1, -0.05) is 0 Å². The molecule has 2 amide bonds. The Morgan fingerprint density at radius 2 is 1.86 bits per heavy atom. The molecular weight excluding hydrogens is 382 g/mol. The molecule has 3 rings (SSSR count). The van der Waals surface area contributed by atoms with E-state index in [0.29, 0.717) is 11.4 Å². The van der Waals surface area contributed by atoms with Gasteiger partial charge in [-0.2, -0.15) is 5.10 Å². The van der Waals surface area contributed by atoms with Crippen molar-refractivity contribution in [2.75, 3.05) is 24.6 Å². The molecule has 0 radical (unpaired) electrons. The van der Waals surface area contributed by atoms with E-state index in [1.165, 1.54) is 11.1 Å². The van der Waals surface area contributed by atoms with E-state index in [1.54, 1.807) is 23.7 Å². The van der Waals surface area contributed by atoms with Gasteiger partial charge in [-0.15, -0.1) is 0 Å². The van der Waals surface area contributed by atoms with Crippen LogP contribution in [-0.4, -0.2) is 70.5 Å². The zero-order chi connectivity index (χ0) is 20.5. The summed E-state index contributed by atoms with van der Waals surface area (Å²) in [7, 11) is -3.07. The van der Waals surface area contributed by atoms with Crippen LogP contribution in [0.2, 0.25) is 0 Å². The molecule has 0 saturated carbocycles. The molecule has 1 aliphatic heterocycles. The van der Waals surface area contributed by atoms with Crippen molar-refractivity contribution in [2.24, 2.45) is 0 Å². The van der Waals surface area contributed by atoms with Gasteiger partial charge >= 0.3 is 0 Å². The summed E-state index contributed by atoms with van der Waals surface area (Å²) in [5.74, 6) is -0.206. The number of pyridine rings is 1. The van der Waals surface area contributed by atoms with Crippen LogP contribution in [0.15, 0.2) is 24.4 Å². The monoisotopic (exact) mass is 405 g/mol. The van der Waals surface area contributed by atoms with Gasteiger partial charge in [0, 0.05) is 25.0 Å². The van der Waals surface area contributed by atoms with Crippen molar-refractivity contribution in [1.82, 2.24) is 25.0 Å². The number of hydrogen-bond donors (Lipinski definition) is 1. The van der Waals surface area contributed by atoms with Crippen molar-refractivity contribution < 1.29 is 18.0 Å². The average molecular weight is 405 g/mol. The number of nitrogens with zero attached hydrogens (tertiary/aromatic N) is 4. The number of nitrogens with one attached hydrogen (secondary N) is 1. The fourth-order valence-electron chi connectivity index (χ4n) is 3.05. The summed E-state index contributed by atoms with van der Waals surface area (Å²) in [5.41, 5.74) is 2.13. The highest BCUT2D eigenvalue weighted by molar-refractivity contribution is 7.91. The van der Waals surface area contributed by atoms with Crippen LogP contribution in [0.4, 0.5) is 0 Å². The fourth-order valence-corrected chi connectivity index (χ4v) is 4.26. The van der Waals surface area contributed by atoms with Gasteiger partial charge in [0.2, 0.25) is 5.91 Å². The number of carbonyl (C=O) groups is 2. The molecule has 0 aliphatic carbocycles. The van der Waals surface area contributed by atoms with E-state index in [0.717, 1.165) is 11.4 Å². The minimum atomic E-state index is -3.07. The van der Waals surface area contributed by atoms with Crippen molar-refractivity contribution in [3.8, 4) is 5.82 Å². The summed E-state index contributed by atoms with van der Waals surface area (Å²) < 4.78 is 24.7. The predicted molar refractivity (Wildman–Crippen MR) is 103 cm³/mol. The number of amides is 2. The number of hydrogen-bond acceptors (Lipinski definition) is 6. The lowest BCUT2D eigenvalue weighted by Gasteiger charge is -2.29. The standard InChI is InChI=1S/C18H23N5O4S/c1-12-10-13(2)23(21-12)16-5-4-15(11-19-16)17(24)20-14(3)18(25)22-6-8-28(26,27)9-7-22/h4-5,10-11,14H,6-9H2,1-3H3,(H,20,24). The Morgan fingerprint density at radius 3 is 2.39 bits per heavy atom. The number of sulfone groups is 1. The highest BCUT2D eigenvalue weighted by atomic mass is 32.2. The highest BCUT2D eigenvalue weighted by Gasteiger charge is 2.28. The Morgan fingerprint density at radius 1 is 1.18 bits per heavy atom. The van der Waals surface area contributed by atoms with Gasteiger partial charge in [0.05, 0.1) is 22.8 Å². The van der Waals surface area contributed by atoms with E-state index in [9.17, 15) is 18.0 Å². The van der Waals surface area contributed by atoms with Crippen molar-refractivity contribution in [2.45, 2.75) is 26.8 Å². The first-order valence-electron chi connectivity index (χ1n) is 8.96. The molecule has 0 bridgehead atoms. The Balaban J connectivity index is 1.62. The maximum atomic E-state index is 12.4. The SMILES string of the molecule is Cc1cc(C)n(-c2ccc(C(=O)NC(C)C(=O)N3CCS(=O)(=O)CC3)cn2)n1. The molecule has 150 valence electrons. The normalized spacial score (nSPS) is 17.2. The van der Waals surface area contributed by atoms with Gasteiger partial charge in [0.25, 0.3) is 5.91 Å². The van der Waals surface area contributed by atoms with Crippen molar-refractivity contribution in [1.29, 1.82) is 0 Å². The van der Waals surface area contributed by atoms with E-state index in [2.05, 4.69) is 15.4 Å². The maximum absolute atomic E-state index is 12.4. The number of aromatic nitrogens is 3. The lowest BCUT2D eigenvalue weighted by Crippen LogP contribution is -2.51. The third-order valence-electron chi connectivity index (χ3n) is 4.61. The van der Waals surface area contributed by atoms with Crippen LogP contribution in [0.5, 0.6) is 0 Å². The van der Waals surface area contributed by atoms with E-state index in [1.807, 2.05) is 19.9 Å². The number of rotatable bonds is 4. The molecule has 10 heteroatoms. The Bertz CT molecular complexity index is 983. The van der Waals surface area contributed by atoms with Crippen molar-refractivity contribution in [3.05, 3.63) is 41.3 Å². The summed E-state index contributed by atoms with van der Waals surface area (Å²) in [4.78, 5) is 30.6. The van der Waals surface area contributed by atoms with Gasteiger partial charge in [0.1, 0.15) is 6.04 Å². The first-order valence-corrected chi connectivity index (χ1v) is 10.8. The number of aryl methyl sites for hydroxylation is 2. The zero-order valence-corrected chi connectivity index (χ0v) is 16.9. The van der Waals surface area contributed by atoms with Crippen LogP contribution in [0, 0.1) is 13.8 Å². The summed E-state index contributed by atoms with van der Waals surface area (Å²) in [6.45, 7) is 5.70. The third-order valence-corrected chi connectivity index (χ3v) is 6.22. The van der Waals surface area contributed by atoms with Crippen LogP contribution >= 0.6 is 0 Å². The van der Waals surface area contributed by atoms with Gasteiger partial charge in [0.15, 0.2) is 15.7 Å². The average Bonchev–Trinajstić information content (AvgIpc) is 2.99. The minimum absolute atomic E-state index is 0.0445. The topological polar surface area (TPSA) is 114 Å². The zero-order valence-electron chi connectivity index (χ0n) is 16.0. The highest BCUT2D eigenvalue weighted by Crippen LogP contribution is 2.11. The van der Waals surface area contributed by atoms with Crippen LogP contribution < -0.4 is 5.32 Å². The summed E-state index contributed by atoms with van der Waals surface area (Å²) in [6, 6.07) is 4.49. The van der Waals surface area contributed by atoms with E-state index < -0.39 is 21.8 Å². The van der Waals surface area contributed by atoms with E-state index in [-0.39, 0.29) is 30.5 Å². The molecule has 1 aliphatic rings. The summed E-state index contributed by atoms with van der Waals surface area (Å²) >= 11 is 0. The predicted octanol–water partition coefficient (Wildman–Crippen LogP) is 0.259. The van der Waals surface area contributed by atoms with Gasteiger partial charge < -0.3 is 10.2 Å². The van der Waals surface area contributed by atoms with Gasteiger partial charge in [-0.3, -0.25) is 9.59 Å². The van der Waals surface area contributed by atoms with Gasteiger partial charge in [-0.25, -0.2) is 18.1 Å². The third kappa shape index (κ3) is 4.38. The Kier molecular flexibility index (Phi) is 5.50. The van der Waals surface area contributed by atoms with Crippen LogP contribution in [-0.2, 0) is 14.6 Å².